The maximum Gasteiger partial charge on any atom is 0.285 e. The minimum absolute atomic E-state index is 0.00388. The smallest absolute Gasteiger partial charge is 0.285 e. The van der Waals surface area contributed by atoms with Crippen molar-refractivity contribution in [2.75, 3.05) is 13.2 Å². The Morgan fingerprint density at radius 2 is 1.69 bits per heavy atom. The fourth-order valence-corrected chi connectivity index (χ4v) is 2.53. The molecule has 0 atom stereocenters. The molecule has 0 saturated carbocycles. The number of nitro groups is 1. The summed E-state index contributed by atoms with van der Waals surface area (Å²) in [5.41, 5.74) is 0.471. The number of hydrogen-bond acceptors (Lipinski definition) is 7. The summed E-state index contributed by atoms with van der Waals surface area (Å²) in [5.74, 6) is -0.780. The Balaban J connectivity index is 1.56. The summed E-state index contributed by atoms with van der Waals surface area (Å²) in [6.45, 7) is -0.591. The molecule has 1 heterocycles. The van der Waals surface area contributed by atoms with Gasteiger partial charge in [0.05, 0.1) is 28.2 Å². The van der Waals surface area contributed by atoms with Gasteiger partial charge in [-0.2, -0.15) is 0 Å². The molecule has 9 heteroatoms. The SMILES string of the molecule is O=C1c2ccccc2C(=O)N1OCCOc1ccc([N+](=O)[O-])c(CO)c1. The lowest BCUT2D eigenvalue weighted by Crippen LogP contribution is -2.31. The maximum absolute atomic E-state index is 12.1. The average Bonchev–Trinajstić information content (AvgIpc) is 2.89. The van der Waals surface area contributed by atoms with Gasteiger partial charge in [-0.3, -0.25) is 24.5 Å². The zero-order valence-corrected chi connectivity index (χ0v) is 13.5. The van der Waals surface area contributed by atoms with Gasteiger partial charge in [0, 0.05) is 6.07 Å². The van der Waals surface area contributed by atoms with Gasteiger partial charge >= 0.3 is 0 Å². The highest BCUT2D eigenvalue weighted by atomic mass is 16.7. The molecule has 0 aromatic heterocycles. The monoisotopic (exact) mass is 358 g/mol. The first kappa shape index (κ1) is 17.5. The van der Waals surface area contributed by atoms with Crippen LogP contribution >= 0.6 is 0 Å². The Bertz CT molecular complexity index is 846. The number of ether oxygens (including phenoxy) is 1. The molecule has 0 radical (unpaired) electrons. The number of fused-ring (bicyclic) bond motifs is 1. The van der Waals surface area contributed by atoms with E-state index in [-0.39, 0.29) is 35.6 Å². The van der Waals surface area contributed by atoms with Crippen LogP contribution in [-0.2, 0) is 11.4 Å². The van der Waals surface area contributed by atoms with E-state index in [2.05, 4.69) is 0 Å². The topological polar surface area (TPSA) is 119 Å². The van der Waals surface area contributed by atoms with Gasteiger partial charge in [-0.05, 0) is 24.3 Å². The van der Waals surface area contributed by atoms with Crippen molar-refractivity contribution in [2.24, 2.45) is 0 Å². The molecule has 2 aromatic rings. The quantitative estimate of drug-likeness (QED) is 0.346. The van der Waals surface area contributed by atoms with Crippen molar-refractivity contribution in [3.05, 3.63) is 69.3 Å². The summed E-state index contributed by atoms with van der Waals surface area (Å²) in [6.07, 6.45) is 0. The summed E-state index contributed by atoms with van der Waals surface area (Å²) in [5, 5.41) is 20.7. The standard InChI is InChI=1S/C17H14N2O7/c20-10-11-9-12(5-6-15(11)19(23)24)25-7-8-26-18-16(21)13-3-1-2-4-14(13)17(18)22/h1-6,9,20H,7-8,10H2. The molecule has 0 fully saturated rings. The third kappa shape index (κ3) is 3.25. The first-order valence-electron chi connectivity index (χ1n) is 7.64. The van der Waals surface area contributed by atoms with Crippen molar-refractivity contribution < 1.29 is 29.2 Å². The number of imide groups is 1. The molecule has 0 unspecified atom stereocenters. The minimum Gasteiger partial charge on any atom is -0.491 e. The number of hydroxylamine groups is 2. The van der Waals surface area contributed by atoms with Crippen LogP contribution in [0, 0.1) is 10.1 Å². The van der Waals surface area contributed by atoms with Gasteiger partial charge < -0.3 is 9.84 Å². The van der Waals surface area contributed by atoms with E-state index in [0.29, 0.717) is 10.8 Å². The van der Waals surface area contributed by atoms with E-state index in [1.54, 1.807) is 24.3 Å². The molecule has 0 spiro atoms. The van der Waals surface area contributed by atoms with Crippen LogP contribution < -0.4 is 4.74 Å². The van der Waals surface area contributed by atoms with Crippen molar-refractivity contribution in [1.82, 2.24) is 5.06 Å². The molecule has 9 nitrogen and oxygen atoms in total. The number of aliphatic hydroxyl groups excluding tert-OH is 1. The largest absolute Gasteiger partial charge is 0.491 e. The fraction of sp³-hybridized carbons (Fsp3) is 0.176. The van der Waals surface area contributed by atoms with Gasteiger partial charge in [-0.25, -0.2) is 0 Å². The third-order valence-corrected chi connectivity index (χ3v) is 3.75. The first-order valence-corrected chi connectivity index (χ1v) is 7.64. The van der Waals surface area contributed by atoms with E-state index in [1.165, 1.54) is 18.2 Å². The highest BCUT2D eigenvalue weighted by molar-refractivity contribution is 6.20. The number of aliphatic hydroxyl groups is 1. The Morgan fingerprint density at radius 3 is 2.27 bits per heavy atom. The van der Waals surface area contributed by atoms with Gasteiger partial charge in [0.25, 0.3) is 17.5 Å². The van der Waals surface area contributed by atoms with Crippen molar-refractivity contribution in [3.8, 4) is 5.75 Å². The van der Waals surface area contributed by atoms with E-state index in [1.807, 2.05) is 0 Å². The molecule has 1 aliphatic heterocycles. The number of amides is 2. The minimum atomic E-state index is -0.597. The second-order valence-electron chi connectivity index (χ2n) is 5.34. The molecule has 2 amide bonds. The van der Waals surface area contributed by atoms with Crippen LogP contribution in [0.3, 0.4) is 0 Å². The molecule has 2 aromatic carbocycles. The molecular weight excluding hydrogens is 344 g/mol. The second-order valence-corrected chi connectivity index (χ2v) is 5.34. The van der Waals surface area contributed by atoms with E-state index >= 15 is 0 Å². The normalized spacial score (nSPS) is 13.0. The number of nitro benzene ring substituents is 1. The molecule has 134 valence electrons. The van der Waals surface area contributed by atoms with Crippen molar-refractivity contribution >= 4 is 17.5 Å². The fourth-order valence-electron chi connectivity index (χ4n) is 2.53. The molecule has 3 rings (SSSR count). The molecule has 0 saturated heterocycles. The summed E-state index contributed by atoms with van der Waals surface area (Å²) >= 11 is 0. The van der Waals surface area contributed by atoms with Crippen LogP contribution in [0.4, 0.5) is 5.69 Å². The van der Waals surface area contributed by atoms with E-state index in [9.17, 15) is 24.8 Å². The Labute approximate surface area is 147 Å². The number of nitrogens with zero attached hydrogens (tertiary/aromatic N) is 2. The van der Waals surface area contributed by atoms with Gasteiger partial charge in [0.1, 0.15) is 19.0 Å². The summed E-state index contributed by atoms with van der Waals surface area (Å²) in [7, 11) is 0. The lowest BCUT2D eigenvalue weighted by atomic mass is 10.1. The molecular formula is C17H14N2O7. The Kier molecular flexibility index (Phi) is 4.92. The number of carbonyl (C=O) groups excluding carboxylic acids is 2. The van der Waals surface area contributed by atoms with Crippen LogP contribution in [0.1, 0.15) is 26.3 Å². The zero-order chi connectivity index (χ0) is 18.7. The predicted molar refractivity (Wildman–Crippen MR) is 87.4 cm³/mol. The predicted octanol–water partition coefficient (Wildman–Crippen LogP) is 1.69. The van der Waals surface area contributed by atoms with Gasteiger partial charge in [-0.1, -0.05) is 12.1 Å². The lowest BCUT2D eigenvalue weighted by molar-refractivity contribution is -0.385. The first-order chi connectivity index (χ1) is 12.5. The Hall–Kier alpha value is -3.30. The van der Waals surface area contributed by atoms with Crippen molar-refractivity contribution in [3.63, 3.8) is 0 Å². The van der Waals surface area contributed by atoms with Crippen LogP contribution in [0.25, 0.3) is 0 Å². The summed E-state index contributed by atoms with van der Waals surface area (Å²) < 4.78 is 5.38. The average molecular weight is 358 g/mol. The van der Waals surface area contributed by atoms with E-state index < -0.39 is 23.3 Å². The molecule has 0 bridgehead atoms. The van der Waals surface area contributed by atoms with Gasteiger partial charge in [0.15, 0.2) is 0 Å². The molecule has 1 aliphatic rings. The number of rotatable bonds is 7. The molecule has 1 N–H and O–H groups in total. The van der Waals surface area contributed by atoms with E-state index in [0.717, 1.165) is 0 Å². The highest BCUT2D eigenvalue weighted by Gasteiger charge is 2.36. The van der Waals surface area contributed by atoms with Gasteiger partial charge in [0.2, 0.25) is 0 Å². The lowest BCUT2D eigenvalue weighted by Gasteiger charge is -2.14. The zero-order valence-electron chi connectivity index (χ0n) is 13.5. The maximum atomic E-state index is 12.1. The number of hydrogen-bond donors (Lipinski definition) is 1. The number of carbonyl (C=O) groups is 2. The number of benzene rings is 2. The Morgan fingerprint density at radius 1 is 1.04 bits per heavy atom. The summed E-state index contributed by atoms with van der Waals surface area (Å²) in [6, 6.07) is 10.4. The van der Waals surface area contributed by atoms with Crippen LogP contribution in [0.2, 0.25) is 0 Å². The highest BCUT2D eigenvalue weighted by Crippen LogP contribution is 2.25. The molecule has 26 heavy (non-hydrogen) atoms. The second kappa shape index (κ2) is 7.30. The van der Waals surface area contributed by atoms with Crippen molar-refractivity contribution in [1.29, 1.82) is 0 Å². The molecule has 0 aliphatic carbocycles. The summed E-state index contributed by atoms with van der Waals surface area (Å²) in [4.78, 5) is 39.6. The van der Waals surface area contributed by atoms with Crippen LogP contribution in [0.5, 0.6) is 5.75 Å². The van der Waals surface area contributed by atoms with Crippen LogP contribution in [-0.4, -0.2) is 40.1 Å². The van der Waals surface area contributed by atoms with E-state index in [4.69, 9.17) is 9.57 Å². The third-order valence-electron chi connectivity index (χ3n) is 3.75. The van der Waals surface area contributed by atoms with Crippen LogP contribution in [0.15, 0.2) is 42.5 Å². The van der Waals surface area contributed by atoms with Gasteiger partial charge in [-0.15, -0.1) is 5.06 Å². The van der Waals surface area contributed by atoms with Crippen molar-refractivity contribution in [2.45, 2.75) is 6.61 Å².